The Labute approximate surface area is 98.7 Å². The summed E-state index contributed by atoms with van der Waals surface area (Å²) in [5.41, 5.74) is 0.335. The fourth-order valence-corrected chi connectivity index (χ4v) is 1.73. The van der Waals surface area contributed by atoms with Gasteiger partial charge in [-0.3, -0.25) is 9.59 Å². The molecule has 0 saturated carbocycles. The Kier molecular flexibility index (Phi) is 3.23. The summed E-state index contributed by atoms with van der Waals surface area (Å²) < 4.78 is 0. The third-order valence-electron chi connectivity index (χ3n) is 2.59. The van der Waals surface area contributed by atoms with Gasteiger partial charge in [-0.25, -0.2) is 0 Å². The number of aromatic amines is 1. The molecule has 2 N–H and O–H groups in total. The van der Waals surface area contributed by atoms with Crippen molar-refractivity contribution in [1.29, 1.82) is 0 Å². The number of hydrogen-bond acceptors (Lipinski definition) is 2. The van der Waals surface area contributed by atoms with Crippen LogP contribution in [0.5, 0.6) is 0 Å². The summed E-state index contributed by atoms with van der Waals surface area (Å²) >= 11 is 0. The molecule has 0 unspecified atom stereocenters. The Bertz CT molecular complexity index is 602. The van der Waals surface area contributed by atoms with Crippen LogP contribution in [0.3, 0.4) is 0 Å². The van der Waals surface area contributed by atoms with Crippen LogP contribution in [0.4, 0.5) is 0 Å². The maximum absolute atomic E-state index is 11.9. The van der Waals surface area contributed by atoms with E-state index < -0.39 is 0 Å². The van der Waals surface area contributed by atoms with Crippen LogP contribution in [-0.4, -0.2) is 17.4 Å². The van der Waals surface area contributed by atoms with Gasteiger partial charge < -0.3 is 10.3 Å². The van der Waals surface area contributed by atoms with Crippen LogP contribution < -0.4 is 10.9 Å². The molecule has 0 radical (unpaired) electrons. The zero-order chi connectivity index (χ0) is 12.3. The zero-order valence-electron chi connectivity index (χ0n) is 9.62. The highest BCUT2D eigenvalue weighted by atomic mass is 16.1. The minimum Gasteiger partial charge on any atom is -0.352 e. The van der Waals surface area contributed by atoms with Gasteiger partial charge in [0.15, 0.2) is 0 Å². The molecule has 2 aromatic rings. The number of rotatable bonds is 3. The molecular weight excluding hydrogens is 216 g/mol. The lowest BCUT2D eigenvalue weighted by atomic mass is 10.1. The summed E-state index contributed by atoms with van der Waals surface area (Å²) in [5, 5.41) is 4.02. The Morgan fingerprint density at radius 2 is 2.00 bits per heavy atom. The number of hydrogen-bond donors (Lipinski definition) is 2. The standard InChI is InChI=1S/C13H14N2O2/c1-2-7-14-13(17)11-8-15-12(16)10-6-4-3-5-9(10)11/h3-6,8H,2,7H2,1H3,(H,14,17)(H,15,16). The first-order valence-corrected chi connectivity index (χ1v) is 5.62. The molecule has 0 fully saturated rings. The summed E-state index contributed by atoms with van der Waals surface area (Å²) in [7, 11) is 0. The quantitative estimate of drug-likeness (QED) is 0.842. The fraction of sp³-hybridized carbons (Fsp3) is 0.231. The second-order valence-corrected chi connectivity index (χ2v) is 3.83. The summed E-state index contributed by atoms with van der Waals surface area (Å²) in [6, 6.07) is 7.10. The van der Waals surface area contributed by atoms with E-state index in [-0.39, 0.29) is 11.5 Å². The molecule has 88 valence electrons. The molecule has 1 heterocycles. The monoisotopic (exact) mass is 230 g/mol. The number of carbonyl (C=O) groups excluding carboxylic acids is 1. The minimum atomic E-state index is -0.173. The van der Waals surface area contributed by atoms with Crippen molar-refractivity contribution in [2.45, 2.75) is 13.3 Å². The fourth-order valence-electron chi connectivity index (χ4n) is 1.73. The number of H-pyrrole nitrogens is 1. The van der Waals surface area contributed by atoms with Crippen molar-refractivity contribution in [2.75, 3.05) is 6.54 Å². The maximum Gasteiger partial charge on any atom is 0.255 e. The first-order valence-electron chi connectivity index (χ1n) is 5.62. The van der Waals surface area contributed by atoms with Crippen molar-refractivity contribution in [3.05, 3.63) is 46.4 Å². The Hall–Kier alpha value is -2.10. The number of nitrogens with one attached hydrogen (secondary N) is 2. The predicted octanol–water partition coefficient (Wildman–Crippen LogP) is 1.67. The highest BCUT2D eigenvalue weighted by molar-refractivity contribution is 6.06. The molecule has 0 aliphatic rings. The summed E-state index contributed by atoms with van der Waals surface area (Å²) in [5.74, 6) is -0.153. The first-order chi connectivity index (χ1) is 8.24. The molecule has 17 heavy (non-hydrogen) atoms. The van der Waals surface area contributed by atoms with Crippen LogP contribution in [0.25, 0.3) is 10.8 Å². The highest BCUT2D eigenvalue weighted by Gasteiger charge is 2.10. The normalized spacial score (nSPS) is 10.4. The largest absolute Gasteiger partial charge is 0.352 e. The number of carbonyl (C=O) groups is 1. The molecule has 4 heteroatoms. The van der Waals surface area contributed by atoms with E-state index in [0.29, 0.717) is 22.9 Å². The molecule has 1 amide bonds. The summed E-state index contributed by atoms with van der Waals surface area (Å²) in [6.07, 6.45) is 2.35. The van der Waals surface area contributed by atoms with E-state index >= 15 is 0 Å². The van der Waals surface area contributed by atoms with Gasteiger partial charge in [-0.05, 0) is 12.5 Å². The third kappa shape index (κ3) is 2.20. The smallest absolute Gasteiger partial charge is 0.255 e. The highest BCUT2D eigenvalue weighted by Crippen LogP contribution is 2.13. The SMILES string of the molecule is CCCNC(=O)c1c[nH]c(=O)c2ccccc12. The third-order valence-corrected chi connectivity index (χ3v) is 2.59. The van der Waals surface area contributed by atoms with Gasteiger partial charge in [0.1, 0.15) is 0 Å². The van der Waals surface area contributed by atoms with Crippen LogP contribution >= 0.6 is 0 Å². The summed E-state index contributed by atoms with van der Waals surface area (Å²) in [4.78, 5) is 26.1. The minimum absolute atomic E-state index is 0.153. The number of amides is 1. The summed E-state index contributed by atoms with van der Waals surface area (Å²) in [6.45, 7) is 2.62. The van der Waals surface area contributed by atoms with Crippen molar-refractivity contribution in [3.8, 4) is 0 Å². The lowest BCUT2D eigenvalue weighted by Gasteiger charge is -2.06. The Morgan fingerprint density at radius 3 is 2.71 bits per heavy atom. The van der Waals surface area contributed by atoms with Gasteiger partial charge in [-0.1, -0.05) is 25.1 Å². The first kappa shape index (κ1) is 11.4. The molecule has 0 aliphatic heterocycles. The van der Waals surface area contributed by atoms with Crippen LogP contribution in [0.15, 0.2) is 35.3 Å². The van der Waals surface area contributed by atoms with E-state index in [9.17, 15) is 9.59 Å². The van der Waals surface area contributed by atoms with Gasteiger partial charge in [0.25, 0.3) is 11.5 Å². The lowest BCUT2D eigenvalue weighted by Crippen LogP contribution is -2.25. The van der Waals surface area contributed by atoms with Crippen molar-refractivity contribution in [1.82, 2.24) is 10.3 Å². The van der Waals surface area contributed by atoms with E-state index in [1.807, 2.05) is 13.0 Å². The van der Waals surface area contributed by atoms with Crippen molar-refractivity contribution < 1.29 is 4.79 Å². The number of aromatic nitrogens is 1. The zero-order valence-corrected chi connectivity index (χ0v) is 9.62. The van der Waals surface area contributed by atoms with Gasteiger partial charge in [0.2, 0.25) is 0 Å². The second kappa shape index (κ2) is 4.82. The van der Waals surface area contributed by atoms with Gasteiger partial charge in [-0.2, -0.15) is 0 Å². The molecular formula is C13H14N2O2. The van der Waals surface area contributed by atoms with Crippen LogP contribution in [0, 0.1) is 0 Å². The van der Waals surface area contributed by atoms with E-state index in [4.69, 9.17) is 0 Å². The van der Waals surface area contributed by atoms with Gasteiger partial charge in [0.05, 0.1) is 5.56 Å². The average Bonchev–Trinajstić information content (AvgIpc) is 2.37. The van der Waals surface area contributed by atoms with E-state index in [0.717, 1.165) is 6.42 Å². The van der Waals surface area contributed by atoms with Crippen LogP contribution in [0.1, 0.15) is 23.7 Å². The predicted molar refractivity (Wildman–Crippen MR) is 67.2 cm³/mol. The topological polar surface area (TPSA) is 62.0 Å². The van der Waals surface area contributed by atoms with E-state index in [2.05, 4.69) is 10.3 Å². The van der Waals surface area contributed by atoms with Crippen molar-refractivity contribution in [2.24, 2.45) is 0 Å². The number of pyridine rings is 1. The number of fused-ring (bicyclic) bond motifs is 1. The molecule has 0 atom stereocenters. The molecule has 0 saturated heterocycles. The molecule has 0 aliphatic carbocycles. The molecule has 4 nitrogen and oxygen atoms in total. The lowest BCUT2D eigenvalue weighted by molar-refractivity contribution is 0.0955. The van der Waals surface area contributed by atoms with Gasteiger partial charge in [0, 0.05) is 23.5 Å². The molecule has 1 aromatic heterocycles. The van der Waals surface area contributed by atoms with E-state index in [1.165, 1.54) is 6.20 Å². The van der Waals surface area contributed by atoms with Gasteiger partial charge in [-0.15, -0.1) is 0 Å². The van der Waals surface area contributed by atoms with Crippen LogP contribution in [-0.2, 0) is 0 Å². The maximum atomic E-state index is 11.9. The van der Waals surface area contributed by atoms with Crippen LogP contribution in [0.2, 0.25) is 0 Å². The van der Waals surface area contributed by atoms with Gasteiger partial charge >= 0.3 is 0 Å². The van der Waals surface area contributed by atoms with E-state index in [1.54, 1.807) is 18.2 Å². The molecule has 2 rings (SSSR count). The Balaban J connectivity index is 2.52. The molecule has 1 aromatic carbocycles. The Morgan fingerprint density at radius 1 is 1.29 bits per heavy atom. The molecule has 0 spiro atoms. The average molecular weight is 230 g/mol. The number of benzene rings is 1. The van der Waals surface area contributed by atoms with Crippen molar-refractivity contribution >= 4 is 16.7 Å². The molecule has 0 bridgehead atoms. The second-order valence-electron chi connectivity index (χ2n) is 3.83. The van der Waals surface area contributed by atoms with Crippen molar-refractivity contribution in [3.63, 3.8) is 0 Å².